The number of anilines is 1. The van der Waals surface area contributed by atoms with E-state index in [1.807, 2.05) is 13.8 Å². The van der Waals surface area contributed by atoms with Crippen molar-refractivity contribution in [3.8, 4) is 0 Å². The maximum atomic E-state index is 11.3. The normalized spacial score (nSPS) is 18.9. The van der Waals surface area contributed by atoms with E-state index in [-0.39, 0.29) is 5.92 Å². The molecule has 0 bridgehead atoms. The van der Waals surface area contributed by atoms with Gasteiger partial charge in [-0.05, 0) is 37.5 Å². The Balaban J connectivity index is 1.89. The third-order valence-corrected chi connectivity index (χ3v) is 4.86. The molecule has 104 valence electrons. The monoisotopic (exact) mass is 280 g/mol. The van der Waals surface area contributed by atoms with Crippen LogP contribution in [0.1, 0.15) is 60.8 Å². The van der Waals surface area contributed by atoms with Crippen molar-refractivity contribution in [3.05, 3.63) is 10.6 Å². The van der Waals surface area contributed by atoms with Crippen LogP contribution in [0, 0.1) is 5.92 Å². The van der Waals surface area contributed by atoms with Crippen molar-refractivity contribution in [2.24, 2.45) is 5.92 Å². The van der Waals surface area contributed by atoms with Crippen LogP contribution in [0.25, 0.3) is 0 Å². The molecule has 19 heavy (non-hydrogen) atoms. The molecular weight excluding hydrogens is 260 g/mol. The number of hydrogen-bond acceptors (Lipinski definition) is 4. The first kappa shape index (κ1) is 12.9. The van der Waals surface area contributed by atoms with Gasteiger partial charge >= 0.3 is 5.97 Å². The Labute approximate surface area is 117 Å². The van der Waals surface area contributed by atoms with Crippen LogP contribution in [0.2, 0.25) is 0 Å². The van der Waals surface area contributed by atoms with Crippen molar-refractivity contribution in [1.29, 1.82) is 0 Å². The second-order valence-corrected chi connectivity index (χ2v) is 6.98. The molecule has 2 aliphatic carbocycles. The Bertz CT molecular complexity index is 490. The topological polar surface area (TPSA) is 53.4 Å². The van der Waals surface area contributed by atoms with Gasteiger partial charge in [-0.1, -0.05) is 25.2 Å². The Kier molecular flexibility index (Phi) is 3.25. The number of nitrogens with zero attached hydrogens (tertiary/aromatic N) is 2. The molecular formula is C14H20N2O2S. The summed E-state index contributed by atoms with van der Waals surface area (Å²) in [5.41, 5.74) is 0.744. The predicted octanol–water partition coefficient (Wildman–Crippen LogP) is 3.34. The van der Waals surface area contributed by atoms with Crippen LogP contribution in [-0.2, 0) is 0 Å². The number of hydrogen-bond donors (Lipinski definition) is 1. The molecule has 0 spiro atoms. The maximum Gasteiger partial charge on any atom is 0.347 e. The molecule has 1 heterocycles. The minimum atomic E-state index is -0.838. The lowest BCUT2D eigenvalue weighted by Crippen LogP contribution is -2.27. The summed E-state index contributed by atoms with van der Waals surface area (Å²) < 4.78 is 0. The number of carboxylic acid groups (broad SMARTS) is 1. The van der Waals surface area contributed by atoms with E-state index in [4.69, 9.17) is 0 Å². The highest BCUT2D eigenvalue weighted by atomic mass is 32.1. The molecule has 2 aliphatic rings. The molecule has 0 saturated heterocycles. The molecule has 3 rings (SSSR count). The van der Waals surface area contributed by atoms with Crippen molar-refractivity contribution in [2.45, 2.75) is 51.5 Å². The van der Waals surface area contributed by atoms with E-state index in [2.05, 4.69) is 9.88 Å². The fraction of sp³-hybridized carbons (Fsp3) is 0.714. The quantitative estimate of drug-likeness (QED) is 0.868. The molecule has 0 aromatic carbocycles. The number of carbonyl (C=O) groups is 1. The van der Waals surface area contributed by atoms with Gasteiger partial charge in [-0.2, -0.15) is 0 Å². The first-order chi connectivity index (χ1) is 9.06. The standard InChI is InChI=1S/C14H20N2O2S/c1-8(2)11-12(13(17)18)19-14(15-11)16(10-5-6-10)7-9-3-4-9/h8-10H,3-7H2,1-2H3,(H,17,18). The third kappa shape index (κ3) is 2.76. The Morgan fingerprint density at radius 3 is 2.53 bits per heavy atom. The summed E-state index contributed by atoms with van der Waals surface area (Å²) in [6.07, 6.45) is 5.09. The van der Waals surface area contributed by atoms with Crippen molar-refractivity contribution in [2.75, 3.05) is 11.4 Å². The Hall–Kier alpha value is -1.10. The summed E-state index contributed by atoms with van der Waals surface area (Å²) in [5, 5.41) is 10.2. The molecule has 1 aromatic rings. The molecule has 0 aliphatic heterocycles. The van der Waals surface area contributed by atoms with Crippen LogP contribution in [0.5, 0.6) is 0 Å². The zero-order chi connectivity index (χ0) is 13.6. The number of carboxylic acids is 1. The number of aromatic carboxylic acids is 1. The van der Waals surface area contributed by atoms with E-state index < -0.39 is 5.97 Å². The van der Waals surface area contributed by atoms with Crippen LogP contribution < -0.4 is 4.90 Å². The molecule has 1 N–H and O–H groups in total. The molecule has 0 amide bonds. The van der Waals surface area contributed by atoms with Crippen LogP contribution in [0.15, 0.2) is 0 Å². The minimum Gasteiger partial charge on any atom is -0.477 e. The lowest BCUT2D eigenvalue weighted by molar-refractivity contribution is 0.0700. The zero-order valence-corrected chi connectivity index (χ0v) is 12.2. The van der Waals surface area contributed by atoms with Gasteiger partial charge in [-0.15, -0.1) is 0 Å². The third-order valence-electron chi connectivity index (χ3n) is 3.77. The number of rotatable bonds is 6. The van der Waals surface area contributed by atoms with Gasteiger partial charge in [0.1, 0.15) is 4.88 Å². The van der Waals surface area contributed by atoms with E-state index in [0.717, 1.165) is 23.3 Å². The molecule has 5 heteroatoms. The average Bonchev–Trinajstić information content (AvgIpc) is 3.23. The molecule has 4 nitrogen and oxygen atoms in total. The van der Waals surface area contributed by atoms with Gasteiger partial charge in [0.25, 0.3) is 0 Å². The molecule has 0 atom stereocenters. The SMILES string of the molecule is CC(C)c1nc(N(CC2CC2)C2CC2)sc1C(=O)O. The van der Waals surface area contributed by atoms with Gasteiger partial charge in [-0.3, -0.25) is 0 Å². The van der Waals surface area contributed by atoms with E-state index >= 15 is 0 Å². The molecule has 0 radical (unpaired) electrons. The van der Waals surface area contributed by atoms with Gasteiger partial charge in [0.15, 0.2) is 5.13 Å². The lowest BCUT2D eigenvalue weighted by Gasteiger charge is -2.21. The van der Waals surface area contributed by atoms with Crippen LogP contribution in [-0.4, -0.2) is 28.6 Å². The lowest BCUT2D eigenvalue weighted by atomic mass is 10.1. The smallest absolute Gasteiger partial charge is 0.347 e. The predicted molar refractivity (Wildman–Crippen MR) is 76.3 cm³/mol. The van der Waals surface area contributed by atoms with Crippen molar-refractivity contribution in [1.82, 2.24) is 4.98 Å². The summed E-state index contributed by atoms with van der Waals surface area (Å²) >= 11 is 1.36. The van der Waals surface area contributed by atoms with Gasteiger partial charge in [-0.25, -0.2) is 9.78 Å². The van der Waals surface area contributed by atoms with Gasteiger partial charge < -0.3 is 10.0 Å². The second-order valence-electron chi connectivity index (χ2n) is 6.00. The fourth-order valence-electron chi connectivity index (χ4n) is 2.34. The largest absolute Gasteiger partial charge is 0.477 e. The summed E-state index contributed by atoms with van der Waals surface area (Å²) in [5.74, 6) is 0.132. The number of aromatic nitrogens is 1. The van der Waals surface area contributed by atoms with Crippen molar-refractivity contribution >= 4 is 22.4 Å². The molecule has 1 aromatic heterocycles. The molecule has 2 fully saturated rings. The highest BCUT2D eigenvalue weighted by molar-refractivity contribution is 7.17. The Morgan fingerprint density at radius 2 is 2.11 bits per heavy atom. The van der Waals surface area contributed by atoms with Gasteiger partial charge in [0, 0.05) is 12.6 Å². The van der Waals surface area contributed by atoms with Crippen LogP contribution >= 0.6 is 11.3 Å². The van der Waals surface area contributed by atoms with E-state index in [9.17, 15) is 9.90 Å². The molecule has 0 unspecified atom stereocenters. The second kappa shape index (κ2) is 4.78. The summed E-state index contributed by atoms with van der Waals surface area (Å²) in [7, 11) is 0. The van der Waals surface area contributed by atoms with Gasteiger partial charge in [0.2, 0.25) is 0 Å². The molecule has 2 saturated carbocycles. The number of thiazole rings is 1. The summed E-state index contributed by atoms with van der Waals surface area (Å²) in [4.78, 5) is 18.8. The van der Waals surface area contributed by atoms with E-state index in [0.29, 0.717) is 10.9 Å². The van der Waals surface area contributed by atoms with Crippen LogP contribution in [0.3, 0.4) is 0 Å². The van der Waals surface area contributed by atoms with Crippen molar-refractivity contribution in [3.63, 3.8) is 0 Å². The van der Waals surface area contributed by atoms with Crippen LogP contribution in [0.4, 0.5) is 5.13 Å². The first-order valence-electron chi connectivity index (χ1n) is 7.07. The zero-order valence-electron chi connectivity index (χ0n) is 11.4. The van der Waals surface area contributed by atoms with Crippen molar-refractivity contribution < 1.29 is 9.90 Å². The van der Waals surface area contributed by atoms with E-state index in [1.165, 1.54) is 37.0 Å². The fourth-order valence-corrected chi connectivity index (χ4v) is 3.48. The van der Waals surface area contributed by atoms with E-state index in [1.54, 1.807) is 0 Å². The maximum absolute atomic E-state index is 11.3. The highest BCUT2D eigenvalue weighted by Gasteiger charge is 2.36. The van der Waals surface area contributed by atoms with Gasteiger partial charge in [0.05, 0.1) is 5.69 Å². The average molecular weight is 280 g/mol. The highest BCUT2D eigenvalue weighted by Crippen LogP contribution is 2.40. The minimum absolute atomic E-state index is 0.165. The summed E-state index contributed by atoms with van der Waals surface area (Å²) in [6.45, 7) is 5.08. The Morgan fingerprint density at radius 1 is 1.42 bits per heavy atom. The first-order valence-corrected chi connectivity index (χ1v) is 7.88. The summed E-state index contributed by atoms with van der Waals surface area (Å²) in [6, 6.07) is 0.605.